The lowest BCUT2D eigenvalue weighted by atomic mass is 10.3. The van der Waals surface area contributed by atoms with Crippen LogP contribution in [0.25, 0.3) is 0 Å². The number of hydrogen-bond acceptors (Lipinski definition) is 5. The van der Waals surface area contributed by atoms with Crippen LogP contribution in [0.1, 0.15) is 24.6 Å². The van der Waals surface area contributed by atoms with E-state index in [1.165, 1.54) is 24.2 Å². The third kappa shape index (κ3) is 4.53. The van der Waals surface area contributed by atoms with Gasteiger partial charge in [0.15, 0.2) is 0 Å². The van der Waals surface area contributed by atoms with Gasteiger partial charge >= 0.3 is 0 Å². The SMILES string of the molecule is CC(CNS(=O)(=O)c1csc(CNC2CC2)c1)N(C)C. The first kappa shape index (κ1) is 15.9. The second-order valence-electron chi connectivity index (χ2n) is 5.57. The molecule has 7 heteroatoms. The van der Waals surface area contributed by atoms with E-state index in [1.54, 1.807) is 11.4 Å². The molecule has 1 fully saturated rings. The first-order valence-electron chi connectivity index (χ1n) is 6.85. The summed E-state index contributed by atoms with van der Waals surface area (Å²) in [7, 11) is 0.486. The Balaban J connectivity index is 1.90. The monoisotopic (exact) mass is 317 g/mol. The molecule has 1 aliphatic rings. The van der Waals surface area contributed by atoms with Crippen LogP contribution >= 0.6 is 11.3 Å². The van der Waals surface area contributed by atoms with Crippen LogP contribution in [-0.4, -0.2) is 46.0 Å². The average Bonchev–Trinajstić information content (AvgIpc) is 3.09. The van der Waals surface area contributed by atoms with Gasteiger partial charge in [0.05, 0.1) is 4.90 Å². The Bertz CT molecular complexity index is 536. The third-order valence-electron chi connectivity index (χ3n) is 3.53. The standard InChI is InChI=1S/C13H23N3O2S2/c1-10(16(2)3)7-15-20(17,18)13-6-12(19-9-13)8-14-11-4-5-11/h6,9-11,14-15H,4-5,7-8H2,1-3H3. The van der Waals surface area contributed by atoms with Crippen LogP contribution in [0, 0.1) is 0 Å². The maximum Gasteiger partial charge on any atom is 0.241 e. The van der Waals surface area contributed by atoms with Gasteiger partial charge in [-0.3, -0.25) is 0 Å². The molecule has 1 unspecified atom stereocenters. The van der Waals surface area contributed by atoms with Crippen LogP contribution in [0.3, 0.4) is 0 Å². The minimum Gasteiger partial charge on any atom is -0.309 e. The van der Waals surface area contributed by atoms with Gasteiger partial charge in [-0.05, 0) is 39.9 Å². The van der Waals surface area contributed by atoms with E-state index in [1.807, 2.05) is 25.9 Å². The fourth-order valence-corrected chi connectivity index (χ4v) is 3.97. The van der Waals surface area contributed by atoms with E-state index >= 15 is 0 Å². The molecule has 0 radical (unpaired) electrons. The second kappa shape index (κ2) is 6.53. The quantitative estimate of drug-likeness (QED) is 0.757. The smallest absolute Gasteiger partial charge is 0.241 e. The van der Waals surface area contributed by atoms with Crippen LogP contribution in [0.4, 0.5) is 0 Å². The van der Waals surface area contributed by atoms with Crippen molar-refractivity contribution in [3.63, 3.8) is 0 Å². The molecule has 20 heavy (non-hydrogen) atoms. The molecule has 2 N–H and O–H groups in total. The van der Waals surface area contributed by atoms with Gasteiger partial charge in [-0.25, -0.2) is 13.1 Å². The Morgan fingerprint density at radius 2 is 2.15 bits per heavy atom. The summed E-state index contributed by atoms with van der Waals surface area (Å²) in [6, 6.07) is 2.57. The average molecular weight is 317 g/mol. The fraction of sp³-hybridized carbons (Fsp3) is 0.692. The molecule has 1 aromatic rings. The Morgan fingerprint density at radius 3 is 2.75 bits per heavy atom. The molecule has 2 rings (SSSR count). The number of hydrogen-bond donors (Lipinski definition) is 2. The molecule has 1 aromatic heterocycles. The summed E-state index contributed by atoms with van der Waals surface area (Å²) in [4.78, 5) is 3.43. The highest BCUT2D eigenvalue weighted by Crippen LogP contribution is 2.22. The van der Waals surface area contributed by atoms with Crippen molar-refractivity contribution in [1.82, 2.24) is 14.9 Å². The lowest BCUT2D eigenvalue weighted by Gasteiger charge is -2.19. The van der Waals surface area contributed by atoms with E-state index in [2.05, 4.69) is 10.0 Å². The van der Waals surface area contributed by atoms with Gasteiger partial charge in [-0.1, -0.05) is 0 Å². The van der Waals surface area contributed by atoms with Crippen molar-refractivity contribution in [2.24, 2.45) is 0 Å². The minimum absolute atomic E-state index is 0.166. The fourth-order valence-electron chi connectivity index (χ4n) is 1.62. The zero-order valence-electron chi connectivity index (χ0n) is 12.2. The normalized spacial score (nSPS) is 17.6. The first-order valence-corrected chi connectivity index (χ1v) is 9.21. The summed E-state index contributed by atoms with van der Waals surface area (Å²) >= 11 is 1.49. The van der Waals surface area contributed by atoms with Gasteiger partial charge in [-0.15, -0.1) is 11.3 Å². The first-order chi connectivity index (χ1) is 9.38. The maximum atomic E-state index is 12.2. The van der Waals surface area contributed by atoms with Crippen molar-refractivity contribution < 1.29 is 8.42 Å². The lowest BCUT2D eigenvalue weighted by molar-refractivity contribution is 0.314. The topological polar surface area (TPSA) is 61.4 Å². The van der Waals surface area contributed by atoms with Gasteiger partial charge in [0.1, 0.15) is 0 Å². The van der Waals surface area contributed by atoms with Crippen molar-refractivity contribution in [2.75, 3.05) is 20.6 Å². The zero-order valence-corrected chi connectivity index (χ0v) is 13.9. The summed E-state index contributed by atoms with van der Waals surface area (Å²) in [5.41, 5.74) is 0. The highest BCUT2D eigenvalue weighted by Gasteiger charge is 2.21. The molecule has 114 valence electrons. The summed E-state index contributed by atoms with van der Waals surface area (Å²) in [5, 5.41) is 5.11. The van der Waals surface area contributed by atoms with E-state index in [4.69, 9.17) is 0 Å². The van der Waals surface area contributed by atoms with Crippen molar-refractivity contribution in [3.8, 4) is 0 Å². The van der Waals surface area contributed by atoms with Gasteiger partial charge in [0.2, 0.25) is 10.0 Å². The van der Waals surface area contributed by atoms with Crippen LogP contribution in [0.15, 0.2) is 16.3 Å². The summed E-state index contributed by atoms with van der Waals surface area (Å²) in [6.45, 7) is 3.17. The highest BCUT2D eigenvalue weighted by atomic mass is 32.2. The van der Waals surface area contributed by atoms with Crippen molar-refractivity contribution >= 4 is 21.4 Å². The number of nitrogens with one attached hydrogen (secondary N) is 2. The third-order valence-corrected chi connectivity index (χ3v) is 6.02. The van der Waals surface area contributed by atoms with Crippen LogP contribution in [0.5, 0.6) is 0 Å². The Labute approximate surface area is 125 Å². The number of rotatable bonds is 8. The predicted octanol–water partition coefficient (Wildman–Crippen LogP) is 1.23. The molecule has 0 saturated heterocycles. The van der Waals surface area contributed by atoms with Crippen LogP contribution in [-0.2, 0) is 16.6 Å². The van der Waals surface area contributed by atoms with Crippen LogP contribution in [0.2, 0.25) is 0 Å². The molecule has 0 spiro atoms. The number of likely N-dealkylation sites (N-methyl/N-ethyl adjacent to an activating group) is 1. The summed E-state index contributed by atoms with van der Waals surface area (Å²) in [5.74, 6) is 0. The van der Waals surface area contributed by atoms with Crippen molar-refractivity contribution in [1.29, 1.82) is 0 Å². The largest absolute Gasteiger partial charge is 0.309 e. The Morgan fingerprint density at radius 1 is 1.45 bits per heavy atom. The Hall–Kier alpha value is -0.470. The molecular weight excluding hydrogens is 294 g/mol. The van der Waals surface area contributed by atoms with Gasteiger partial charge in [0, 0.05) is 35.4 Å². The van der Waals surface area contributed by atoms with Gasteiger partial charge in [-0.2, -0.15) is 0 Å². The molecular formula is C13H23N3O2S2. The minimum atomic E-state index is -3.38. The molecule has 1 atom stereocenters. The van der Waals surface area contributed by atoms with E-state index in [9.17, 15) is 8.42 Å². The molecule has 0 aliphatic heterocycles. The highest BCUT2D eigenvalue weighted by molar-refractivity contribution is 7.89. The number of thiophene rings is 1. The van der Waals surface area contributed by atoms with E-state index < -0.39 is 10.0 Å². The summed E-state index contributed by atoms with van der Waals surface area (Å²) in [6.07, 6.45) is 2.47. The molecule has 1 saturated carbocycles. The van der Waals surface area contributed by atoms with Crippen LogP contribution < -0.4 is 10.0 Å². The summed E-state index contributed by atoms with van der Waals surface area (Å²) < 4.78 is 27.0. The Kier molecular flexibility index (Phi) is 5.19. The zero-order chi connectivity index (χ0) is 14.8. The molecule has 0 aromatic carbocycles. The molecule has 1 aliphatic carbocycles. The van der Waals surface area contributed by atoms with Crippen molar-refractivity contribution in [3.05, 3.63) is 16.3 Å². The maximum absolute atomic E-state index is 12.2. The van der Waals surface area contributed by atoms with Crippen molar-refractivity contribution in [2.45, 2.75) is 43.3 Å². The number of sulfonamides is 1. The molecule has 0 amide bonds. The van der Waals surface area contributed by atoms with Gasteiger partial charge in [0.25, 0.3) is 0 Å². The van der Waals surface area contributed by atoms with E-state index in [0.29, 0.717) is 17.5 Å². The molecule has 1 heterocycles. The second-order valence-corrected chi connectivity index (χ2v) is 8.33. The molecule has 5 nitrogen and oxygen atoms in total. The van der Waals surface area contributed by atoms with Gasteiger partial charge < -0.3 is 10.2 Å². The van der Waals surface area contributed by atoms with E-state index in [-0.39, 0.29) is 6.04 Å². The number of nitrogens with zero attached hydrogens (tertiary/aromatic N) is 1. The van der Waals surface area contributed by atoms with E-state index in [0.717, 1.165) is 11.4 Å². The predicted molar refractivity (Wildman–Crippen MR) is 82.5 cm³/mol. The lowest BCUT2D eigenvalue weighted by Crippen LogP contribution is -2.38. The molecule has 0 bridgehead atoms.